The summed E-state index contributed by atoms with van der Waals surface area (Å²) in [6, 6.07) is 0.942. The predicted octanol–water partition coefficient (Wildman–Crippen LogP) is 1.72. The van der Waals surface area contributed by atoms with E-state index in [4.69, 9.17) is 0 Å². The SMILES string of the molecule is O=C(NCc1c(F)cc(F)cc1F)c1c2n3c(c(O)c1=O)C(=O)N1CCCC[C@]3(CC2CO)C1. The molecule has 1 spiro atoms. The molecule has 1 aromatic heterocycles. The van der Waals surface area contributed by atoms with Crippen molar-refractivity contribution in [1.82, 2.24) is 14.8 Å². The molecule has 5 rings (SSSR count). The van der Waals surface area contributed by atoms with Gasteiger partial charge in [-0.2, -0.15) is 0 Å². The Morgan fingerprint density at radius 1 is 1.18 bits per heavy atom. The summed E-state index contributed by atoms with van der Waals surface area (Å²) in [7, 11) is 0. The number of aromatic hydroxyl groups is 1. The number of rotatable bonds is 4. The summed E-state index contributed by atoms with van der Waals surface area (Å²) >= 11 is 0. The van der Waals surface area contributed by atoms with Crippen LogP contribution in [0.2, 0.25) is 0 Å². The summed E-state index contributed by atoms with van der Waals surface area (Å²) in [5.41, 5.74) is -2.92. The number of nitrogens with zero attached hydrogens (tertiary/aromatic N) is 2. The molecule has 0 radical (unpaired) electrons. The molecule has 8 nitrogen and oxygen atoms in total. The van der Waals surface area contributed by atoms with Gasteiger partial charge in [-0.3, -0.25) is 14.4 Å². The Balaban J connectivity index is 1.63. The van der Waals surface area contributed by atoms with Gasteiger partial charge in [-0.25, -0.2) is 13.2 Å². The molecule has 1 unspecified atom stereocenters. The van der Waals surface area contributed by atoms with Crippen LogP contribution in [0.1, 0.15) is 63.7 Å². The average molecular weight is 477 g/mol. The minimum absolute atomic E-state index is 0.132. The number of aromatic nitrogens is 1. The maximum Gasteiger partial charge on any atom is 0.274 e. The number of fused-ring (bicyclic) bond motifs is 1. The summed E-state index contributed by atoms with van der Waals surface area (Å²) in [5.74, 6) is -6.59. The van der Waals surface area contributed by atoms with Gasteiger partial charge >= 0.3 is 0 Å². The zero-order valence-corrected chi connectivity index (χ0v) is 18.0. The molecule has 11 heteroatoms. The second kappa shape index (κ2) is 7.86. The van der Waals surface area contributed by atoms with E-state index in [1.54, 1.807) is 9.47 Å². The van der Waals surface area contributed by atoms with Crippen LogP contribution < -0.4 is 10.7 Å². The highest BCUT2D eigenvalue weighted by Gasteiger charge is 2.53. The summed E-state index contributed by atoms with van der Waals surface area (Å²) in [6.45, 7) is -0.275. The monoisotopic (exact) mass is 477 g/mol. The van der Waals surface area contributed by atoms with Gasteiger partial charge in [-0.1, -0.05) is 0 Å². The minimum atomic E-state index is -1.20. The molecule has 0 saturated carbocycles. The molecule has 180 valence electrons. The smallest absolute Gasteiger partial charge is 0.274 e. The van der Waals surface area contributed by atoms with E-state index in [-0.39, 0.29) is 11.4 Å². The lowest BCUT2D eigenvalue weighted by atomic mass is 9.86. The minimum Gasteiger partial charge on any atom is -0.503 e. The molecule has 2 bridgehead atoms. The van der Waals surface area contributed by atoms with E-state index < -0.39 is 76.2 Å². The van der Waals surface area contributed by atoms with E-state index in [1.165, 1.54) is 0 Å². The van der Waals surface area contributed by atoms with Crippen LogP contribution in [-0.2, 0) is 12.1 Å². The quantitative estimate of drug-likeness (QED) is 0.621. The Kier molecular flexibility index (Phi) is 5.19. The molecule has 4 heterocycles. The molecule has 2 aromatic rings. The molecule has 1 saturated heterocycles. The van der Waals surface area contributed by atoms with Crippen LogP contribution in [0.15, 0.2) is 16.9 Å². The van der Waals surface area contributed by atoms with Crippen molar-refractivity contribution in [2.45, 2.75) is 43.7 Å². The maximum atomic E-state index is 14.0. The Hall–Kier alpha value is -3.34. The third kappa shape index (κ3) is 3.13. The molecule has 3 aliphatic heterocycles. The molecule has 0 aliphatic carbocycles. The van der Waals surface area contributed by atoms with E-state index in [0.29, 0.717) is 38.1 Å². The lowest BCUT2D eigenvalue weighted by molar-refractivity contribution is 0.0578. The first-order chi connectivity index (χ1) is 16.2. The van der Waals surface area contributed by atoms with E-state index in [0.717, 1.165) is 12.8 Å². The van der Waals surface area contributed by atoms with Gasteiger partial charge in [0.25, 0.3) is 11.8 Å². The number of nitrogens with one attached hydrogen (secondary N) is 1. The van der Waals surface area contributed by atoms with Gasteiger partial charge in [-0.05, 0) is 25.7 Å². The van der Waals surface area contributed by atoms with Crippen molar-refractivity contribution in [1.29, 1.82) is 0 Å². The fourth-order valence-electron chi connectivity index (χ4n) is 5.71. The van der Waals surface area contributed by atoms with Crippen LogP contribution in [0.4, 0.5) is 13.2 Å². The average Bonchev–Trinajstić information content (AvgIpc) is 2.96. The number of pyridine rings is 1. The summed E-state index contributed by atoms with van der Waals surface area (Å²) in [5, 5.41) is 23.1. The highest BCUT2D eigenvalue weighted by molar-refractivity contribution is 6.00. The number of halogens is 3. The molecule has 2 atom stereocenters. The lowest BCUT2D eigenvalue weighted by Gasteiger charge is -2.41. The van der Waals surface area contributed by atoms with Crippen molar-refractivity contribution in [3.63, 3.8) is 0 Å². The van der Waals surface area contributed by atoms with Crippen molar-refractivity contribution < 1.29 is 33.0 Å². The van der Waals surface area contributed by atoms with Crippen molar-refractivity contribution in [2.24, 2.45) is 0 Å². The van der Waals surface area contributed by atoms with Crippen molar-refractivity contribution in [2.75, 3.05) is 19.7 Å². The van der Waals surface area contributed by atoms with E-state index in [1.807, 2.05) is 0 Å². The highest BCUT2D eigenvalue weighted by Crippen LogP contribution is 2.50. The van der Waals surface area contributed by atoms with Crippen LogP contribution >= 0.6 is 0 Å². The Morgan fingerprint density at radius 3 is 2.56 bits per heavy atom. The van der Waals surface area contributed by atoms with Gasteiger partial charge in [0.1, 0.15) is 23.0 Å². The van der Waals surface area contributed by atoms with Crippen molar-refractivity contribution in [3.8, 4) is 5.75 Å². The number of aliphatic hydroxyl groups is 1. The molecule has 3 aliphatic rings. The summed E-state index contributed by atoms with van der Waals surface area (Å²) in [4.78, 5) is 40.9. The second-order valence-corrected chi connectivity index (χ2v) is 9.14. The Morgan fingerprint density at radius 2 is 1.88 bits per heavy atom. The molecule has 3 N–H and O–H groups in total. The fraction of sp³-hybridized carbons (Fsp3) is 0.435. The van der Waals surface area contributed by atoms with E-state index in [2.05, 4.69) is 5.32 Å². The van der Waals surface area contributed by atoms with Crippen LogP contribution in [0.25, 0.3) is 0 Å². The second-order valence-electron chi connectivity index (χ2n) is 9.14. The van der Waals surface area contributed by atoms with Gasteiger partial charge in [-0.15, -0.1) is 0 Å². The molecule has 34 heavy (non-hydrogen) atoms. The largest absolute Gasteiger partial charge is 0.503 e. The standard InChI is InChI=1S/C23H22F3N3O5/c24-12-5-14(25)13(15(26)6-12)8-27-21(33)16-17-11(9-30)7-23-3-1-2-4-28(10-23)22(34)18(29(17)23)20(32)19(16)31/h5-6,11,30,32H,1-4,7-10H2,(H,27,33)/t11?,23-/m0/s1. The van der Waals surface area contributed by atoms with Crippen LogP contribution in [0.3, 0.4) is 0 Å². The fourth-order valence-corrected chi connectivity index (χ4v) is 5.71. The molecular weight excluding hydrogens is 455 g/mol. The zero-order chi connectivity index (χ0) is 24.4. The van der Waals surface area contributed by atoms with Crippen molar-refractivity contribution >= 4 is 11.8 Å². The summed E-state index contributed by atoms with van der Waals surface area (Å²) in [6.07, 6.45) is 2.51. The molecule has 2 amide bonds. The van der Waals surface area contributed by atoms with Gasteiger partial charge in [0.2, 0.25) is 5.43 Å². The van der Waals surface area contributed by atoms with Gasteiger partial charge < -0.3 is 25.0 Å². The van der Waals surface area contributed by atoms with E-state index in [9.17, 15) is 37.8 Å². The van der Waals surface area contributed by atoms with Gasteiger partial charge in [0.05, 0.1) is 12.1 Å². The third-order valence-corrected chi connectivity index (χ3v) is 7.15. The Labute approximate surface area is 191 Å². The topological polar surface area (TPSA) is 112 Å². The Bertz CT molecular complexity index is 1270. The predicted molar refractivity (Wildman–Crippen MR) is 112 cm³/mol. The highest BCUT2D eigenvalue weighted by atomic mass is 19.1. The number of carbonyl (C=O) groups is 2. The maximum absolute atomic E-state index is 14.0. The first-order valence-corrected chi connectivity index (χ1v) is 11.0. The zero-order valence-electron chi connectivity index (χ0n) is 18.0. The van der Waals surface area contributed by atoms with Crippen molar-refractivity contribution in [3.05, 3.63) is 62.3 Å². The lowest BCUT2D eigenvalue weighted by Crippen LogP contribution is -2.52. The number of carbonyl (C=O) groups excluding carboxylic acids is 2. The van der Waals surface area contributed by atoms with Crippen LogP contribution in [0, 0.1) is 17.5 Å². The first-order valence-electron chi connectivity index (χ1n) is 11.0. The number of benzene rings is 1. The summed E-state index contributed by atoms with van der Waals surface area (Å²) < 4.78 is 42.7. The van der Waals surface area contributed by atoms with Crippen LogP contribution in [-0.4, -0.2) is 51.2 Å². The number of amides is 2. The molecular formula is C23H22F3N3O5. The van der Waals surface area contributed by atoms with Gasteiger partial charge in [0, 0.05) is 48.9 Å². The number of hydrogen-bond donors (Lipinski definition) is 3. The first kappa shape index (κ1) is 22.5. The normalized spacial score (nSPS) is 23.0. The van der Waals surface area contributed by atoms with E-state index >= 15 is 0 Å². The third-order valence-electron chi connectivity index (χ3n) is 7.15. The number of aliphatic hydroxyl groups excluding tert-OH is 1. The van der Waals surface area contributed by atoms with Gasteiger partial charge in [0.15, 0.2) is 11.4 Å². The molecule has 1 fully saturated rings. The van der Waals surface area contributed by atoms with Crippen LogP contribution in [0.5, 0.6) is 5.75 Å². The molecule has 1 aromatic carbocycles. The number of hydrogen-bond acceptors (Lipinski definition) is 5.